The molecule has 0 unspecified atom stereocenters. The SMILES string of the molecule is O=C(NC1CC1)N1CCN(c2cnccc2-c2ccccc2)CC1. The largest absolute Gasteiger partial charge is 0.366 e. The molecule has 1 aromatic carbocycles. The van der Waals surface area contributed by atoms with E-state index in [9.17, 15) is 4.79 Å². The van der Waals surface area contributed by atoms with Crippen molar-refractivity contribution in [1.29, 1.82) is 0 Å². The lowest BCUT2D eigenvalue weighted by Gasteiger charge is -2.36. The Kier molecular flexibility index (Phi) is 4.07. The Morgan fingerprint density at radius 2 is 1.79 bits per heavy atom. The van der Waals surface area contributed by atoms with Gasteiger partial charge in [-0.1, -0.05) is 30.3 Å². The highest BCUT2D eigenvalue weighted by molar-refractivity contribution is 5.79. The Morgan fingerprint density at radius 1 is 1.04 bits per heavy atom. The first-order chi connectivity index (χ1) is 11.8. The van der Waals surface area contributed by atoms with Crippen LogP contribution in [0.5, 0.6) is 0 Å². The van der Waals surface area contributed by atoms with Gasteiger partial charge in [-0.25, -0.2) is 4.79 Å². The van der Waals surface area contributed by atoms with Crippen molar-refractivity contribution < 1.29 is 4.79 Å². The molecule has 1 N–H and O–H groups in total. The van der Waals surface area contributed by atoms with E-state index in [0.29, 0.717) is 6.04 Å². The summed E-state index contributed by atoms with van der Waals surface area (Å²) in [7, 11) is 0. The summed E-state index contributed by atoms with van der Waals surface area (Å²) < 4.78 is 0. The summed E-state index contributed by atoms with van der Waals surface area (Å²) in [5.41, 5.74) is 3.54. The number of pyridine rings is 1. The van der Waals surface area contributed by atoms with Gasteiger partial charge in [0.15, 0.2) is 0 Å². The van der Waals surface area contributed by atoms with Gasteiger partial charge in [0.05, 0.1) is 11.9 Å². The summed E-state index contributed by atoms with van der Waals surface area (Å²) in [5.74, 6) is 0. The van der Waals surface area contributed by atoms with E-state index >= 15 is 0 Å². The number of carbonyl (C=O) groups is 1. The molecule has 2 aromatic rings. The fraction of sp³-hybridized carbons (Fsp3) is 0.368. The number of anilines is 1. The van der Waals surface area contributed by atoms with Crippen LogP contribution in [0.25, 0.3) is 11.1 Å². The first kappa shape index (κ1) is 15.0. The maximum atomic E-state index is 12.2. The van der Waals surface area contributed by atoms with Crippen LogP contribution in [0.3, 0.4) is 0 Å². The summed E-state index contributed by atoms with van der Waals surface area (Å²) in [5, 5.41) is 3.07. The van der Waals surface area contributed by atoms with E-state index in [1.807, 2.05) is 23.4 Å². The highest BCUT2D eigenvalue weighted by atomic mass is 16.2. The van der Waals surface area contributed by atoms with Gasteiger partial charge in [-0.3, -0.25) is 4.98 Å². The Balaban J connectivity index is 1.47. The summed E-state index contributed by atoms with van der Waals surface area (Å²) in [6.45, 7) is 3.18. The molecule has 0 atom stereocenters. The topological polar surface area (TPSA) is 48.5 Å². The van der Waals surface area contributed by atoms with Crippen molar-refractivity contribution >= 4 is 11.7 Å². The van der Waals surface area contributed by atoms with E-state index in [2.05, 4.69) is 45.5 Å². The Bertz CT molecular complexity index is 706. The Labute approximate surface area is 142 Å². The zero-order valence-corrected chi connectivity index (χ0v) is 13.7. The number of hydrogen-bond donors (Lipinski definition) is 1. The van der Waals surface area contributed by atoms with E-state index < -0.39 is 0 Å². The third kappa shape index (κ3) is 3.20. The van der Waals surface area contributed by atoms with Gasteiger partial charge in [-0.15, -0.1) is 0 Å². The van der Waals surface area contributed by atoms with Gasteiger partial charge in [0.2, 0.25) is 0 Å². The lowest BCUT2D eigenvalue weighted by Crippen LogP contribution is -2.52. The molecule has 0 spiro atoms. The molecule has 2 aliphatic rings. The van der Waals surface area contributed by atoms with Crippen LogP contribution in [0.15, 0.2) is 48.8 Å². The van der Waals surface area contributed by atoms with Crippen molar-refractivity contribution in [3.63, 3.8) is 0 Å². The quantitative estimate of drug-likeness (QED) is 0.945. The van der Waals surface area contributed by atoms with E-state index in [1.165, 1.54) is 11.1 Å². The zero-order valence-electron chi connectivity index (χ0n) is 13.7. The standard InChI is InChI=1S/C19H22N4O/c24-19(21-16-6-7-16)23-12-10-22(11-13-23)18-14-20-9-8-17(18)15-4-2-1-3-5-15/h1-5,8-9,14,16H,6-7,10-13H2,(H,21,24). The van der Waals surface area contributed by atoms with Crippen LogP contribution in [-0.2, 0) is 0 Å². The second-order valence-electron chi connectivity index (χ2n) is 6.46. The van der Waals surface area contributed by atoms with Gasteiger partial charge in [0.1, 0.15) is 0 Å². The molecular formula is C19H22N4O. The zero-order chi connectivity index (χ0) is 16.4. The summed E-state index contributed by atoms with van der Waals surface area (Å²) in [6, 6.07) is 13.0. The van der Waals surface area contributed by atoms with Gasteiger partial charge in [-0.2, -0.15) is 0 Å². The van der Waals surface area contributed by atoms with Crippen LogP contribution in [0.4, 0.5) is 10.5 Å². The lowest BCUT2D eigenvalue weighted by molar-refractivity contribution is 0.194. The number of hydrogen-bond acceptors (Lipinski definition) is 3. The number of carbonyl (C=O) groups excluding carboxylic acids is 1. The molecule has 24 heavy (non-hydrogen) atoms. The molecule has 1 saturated carbocycles. The maximum Gasteiger partial charge on any atom is 0.317 e. The molecule has 5 heteroatoms. The number of nitrogens with zero attached hydrogens (tertiary/aromatic N) is 3. The average Bonchev–Trinajstić information content (AvgIpc) is 3.46. The van der Waals surface area contributed by atoms with Crippen LogP contribution in [0.2, 0.25) is 0 Å². The van der Waals surface area contributed by atoms with Crippen molar-refractivity contribution in [1.82, 2.24) is 15.2 Å². The molecule has 0 radical (unpaired) electrons. The minimum Gasteiger partial charge on any atom is -0.366 e. The molecule has 1 aromatic heterocycles. The van der Waals surface area contributed by atoms with Crippen molar-refractivity contribution in [3.05, 3.63) is 48.8 Å². The van der Waals surface area contributed by atoms with Crippen molar-refractivity contribution in [2.24, 2.45) is 0 Å². The highest BCUT2D eigenvalue weighted by Gasteiger charge is 2.28. The fourth-order valence-electron chi connectivity index (χ4n) is 3.14. The fourth-order valence-corrected chi connectivity index (χ4v) is 3.14. The Morgan fingerprint density at radius 3 is 2.50 bits per heavy atom. The second kappa shape index (κ2) is 6.51. The maximum absolute atomic E-state index is 12.2. The summed E-state index contributed by atoms with van der Waals surface area (Å²) in [6.07, 6.45) is 6.02. The molecule has 2 fully saturated rings. The Hall–Kier alpha value is -2.56. The molecule has 1 aliphatic heterocycles. The molecule has 4 rings (SSSR count). The van der Waals surface area contributed by atoms with Crippen LogP contribution in [0.1, 0.15) is 12.8 Å². The molecule has 1 aliphatic carbocycles. The van der Waals surface area contributed by atoms with Crippen molar-refractivity contribution in [3.8, 4) is 11.1 Å². The van der Waals surface area contributed by atoms with Gasteiger partial charge in [0, 0.05) is 44.0 Å². The highest BCUT2D eigenvalue weighted by Crippen LogP contribution is 2.30. The van der Waals surface area contributed by atoms with E-state index in [1.54, 1.807) is 0 Å². The normalized spacial score (nSPS) is 17.7. The monoisotopic (exact) mass is 322 g/mol. The van der Waals surface area contributed by atoms with Crippen molar-refractivity contribution in [2.75, 3.05) is 31.1 Å². The van der Waals surface area contributed by atoms with E-state index in [-0.39, 0.29) is 6.03 Å². The number of nitrogens with one attached hydrogen (secondary N) is 1. The molecule has 124 valence electrons. The molecule has 2 amide bonds. The van der Waals surface area contributed by atoms with Crippen molar-refractivity contribution in [2.45, 2.75) is 18.9 Å². The van der Waals surface area contributed by atoms with E-state index in [4.69, 9.17) is 0 Å². The molecular weight excluding hydrogens is 300 g/mol. The predicted octanol–water partition coefficient (Wildman–Crippen LogP) is 2.74. The number of benzene rings is 1. The summed E-state index contributed by atoms with van der Waals surface area (Å²) >= 11 is 0. The number of aromatic nitrogens is 1. The molecule has 2 heterocycles. The minimum absolute atomic E-state index is 0.0895. The minimum atomic E-state index is 0.0895. The van der Waals surface area contributed by atoms with Gasteiger partial charge in [0.25, 0.3) is 0 Å². The third-order valence-electron chi connectivity index (χ3n) is 4.70. The smallest absolute Gasteiger partial charge is 0.317 e. The van der Waals surface area contributed by atoms with Crippen LogP contribution in [-0.4, -0.2) is 48.1 Å². The number of rotatable bonds is 3. The lowest BCUT2D eigenvalue weighted by atomic mass is 10.0. The number of piperazine rings is 1. The number of amides is 2. The molecule has 5 nitrogen and oxygen atoms in total. The van der Waals surface area contributed by atoms with Gasteiger partial charge in [-0.05, 0) is 24.5 Å². The van der Waals surface area contributed by atoms with E-state index in [0.717, 1.165) is 44.7 Å². The van der Waals surface area contributed by atoms with Gasteiger partial charge >= 0.3 is 6.03 Å². The number of urea groups is 1. The molecule has 1 saturated heterocycles. The second-order valence-corrected chi connectivity index (χ2v) is 6.46. The summed E-state index contributed by atoms with van der Waals surface area (Å²) in [4.78, 5) is 20.7. The first-order valence-electron chi connectivity index (χ1n) is 8.61. The van der Waals surface area contributed by atoms with Crippen LogP contribution >= 0.6 is 0 Å². The third-order valence-corrected chi connectivity index (χ3v) is 4.70. The first-order valence-corrected chi connectivity index (χ1v) is 8.61. The van der Waals surface area contributed by atoms with Crippen LogP contribution < -0.4 is 10.2 Å². The van der Waals surface area contributed by atoms with Crippen LogP contribution in [0, 0.1) is 0 Å². The predicted molar refractivity (Wildman–Crippen MR) is 95.0 cm³/mol. The molecule has 0 bridgehead atoms. The average molecular weight is 322 g/mol. The van der Waals surface area contributed by atoms with Gasteiger partial charge < -0.3 is 15.1 Å².